The van der Waals surface area contributed by atoms with Crippen LogP contribution in [0.5, 0.6) is 0 Å². The van der Waals surface area contributed by atoms with Crippen molar-refractivity contribution in [3.05, 3.63) is 64.7 Å². The maximum Gasteiger partial charge on any atom is 0.337 e. The lowest BCUT2D eigenvalue weighted by atomic mass is 9.97. The van der Waals surface area contributed by atoms with E-state index in [1.807, 2.05) is 18.2 Å². The van der Waals surface area contributed by atoms with E-state index in [9.17, 15) is 18.0 Å². The number of carbonyl (C=O) groups is 2. The van der Waals surface area contributed by atoms with Crippen LogP contribution in [0.15, 0.2) is 48.5 Å². The zero-order valence-electron chi connectivity index (χ0n) is 16.5. The van der Waals surface area contributed by atoms with Crippen molar-refractivity contribution in [3.8, 4) is 0 Å². The highest BCUT2D eigenvalue weighted by Crippen LogP contribution is 2.27. The van der Waals surface area contributed by atoms with Gasteiger partial charge in [0.15, 0.2) is 0 Å². The van der Waals surface area contributed by atoms with Crippen LogP contribution in [0.2, 0.25) is 5.02 Å². The molecule has 1 amide bonds. The minimum Gasteiger partial charge on any atom is -0.465 e. The Morgan fingerprint density at radius 2 is 1.80 bits per heavy atom. The molecule has 0 unspecified atom stereocenters. The summed E-state index contributed by atoms with van der Waals surface area (Å²) in [5, 5.41) is 3.05. The van der Waals surface area contributed by atoms with Gasteiger partial charge < -0.3 is 10.1 Å². The smallest absolute Gasteiger partial charge is 0.337 e. The first-order valence-corrected chi connectivity index (χ1v) is 11.5. The Bertz CT molecular complexity index is 1020. The number of nitrogens with zero attached hydrogens (tertiary/aromatic N) is 1. The molecule has 160 valence electrons. The van der Waals surface area contributed by atoms with Gasteiger partial charge in [0.1, 0.15) is 0 Å². The monoisotopic (exact) mass is 450 g/mol. The van der Waals surface area contributed by atoms with Gasteiger partial charge >= 0.3 is 5.97 Å². The number of esters is 1. The molecule has 0 aliphatic carbocycles. The van der Waals surface area contributed by atoms with Crippen LogP contribution in [0.4, 0.5) is 5.69 Å². The molecule has 2 aromatic rings. The molecule has 0 saturated carbocycles. The molecule has 0 spiro atoms. The Morgan fingerprint density at radius 3 is 2.43 bits per heavy atom. The number of carbonyl (C=O) groups excluding carboxylic acids is 2. The number of anilines is 1. The van der Waals surface area contributed by atoms with E-state index < -0.39 is 16.0 Å². The van der Waals surface area contributed by atoms with E-state index in [-0.39, 0.29) is 36.2 Å². The van der Waals surface area contributed by atoms with Crippen molar-refractivity contribution in [3.63, 3.8) is 0 Å². The molecule has 1 N–H and O–H groups in total. The van der Waals surface area contributed by atoms with Crippen LogP contribution in [0, 0.1) is 5.92 Å². The maximum absolute atomic E-state index is 12.7. The average Bonchev–Trinajstić information content (AvgIpc) is 2.75. The Labute approximate surface area is 181 Å². The first-order chi connectivity index (χ1) is 14.3. The van der Waals surface area contributed by atoms with Crippen LogP contribution >= 0.6 is 11.6 Å². The van der Waals surface area contributed by atoms with E-state index >= 15 is 0 Å². The van der Waals surface area contributed by atoms with E-state index in [0.717, 1.165) is 5.56 Å². The molecule has 1 aliphatic heterocycles. The summed E-state index contributed by atoms with van der Waals surface area (Å²) in [5.41, 5.74) is 1.33. The summed E-state index contributed by atoms with van der Waals surface area (Å²) in [5.74, 6) is -1.18. The Hall–Kier alpha value is -2.42. The molecule has 0 radical (unpaired) electrons. The van der Waals surface area contributed by atoms with Crippen LogP contribution in [-0.4, -0.2) is 44.8 Å². The summed E-state index contributed by atoms with van der Waals surface area (Å²) in [4.78, 5) is 24.3. The van der Waals surface area contributed by atoms with Gasteiger partial charge in [0.05, 0.1) is 29.1 Å². The normalized spacial score (nSPS) is 15.5. The van der Waals surface area contributed by atoms with Crippen molar-refractivity contribution < 1.29 is 22.7 Å². The van der Waals surface area contributed by atoms with Crippen molar-refractivity contribution >= 4 is 39.2 Å². The van der Waals surface area contributed by atoms with Crippen LogP contribution < -0.4 is 5.32 Å². The largest absolute Gasteiger partial charge is 0.465 e. The van der Waals surface area contributed by atoms with Gasteiger partial charge in [0, 0.05) is 19.0 Å². The third-order valence-electron chi connectivity index (χ3n) is 5.06. The van der Waals surface area contributed by atoms with Crippen LogP contribution in [0.1, 0.15) is 28.8 Å². The zero-order chi connectivity index (χ0) is 21.7. The van der Waals surface area contributed by atoms with Crippen LogP contribution in [0.25, 0.3) is 0 Å². The molecule has 0 aromatic heterocycles. The van der Waals surface area contributed by atoms with Gasteiger partial charge in [0.2, 0.25) is 15.9 Å². The SMILES string of the molecule is COC(=O)c1ccc(Cl)c(NC(=O)C2CCN(S(=O)(=O)Cc3ccccc3)CC2)c1. The summed E-state index contributed by atoms with van der Waals surface area (Å²) >= 11 is 6.13. The van der Waals surface area contributed by atoms with E-state index in [1.54, 1.807) is 12.1 Å². The fraction of sp³-hybridized carbons (Fsp3) is 0.333. The summed E-state index contributed by atoms with van der Waals surface area (Å²) < 4.78 is 31.4. The molecular weight excluding hydrogens is 428 g/mol. The number of halogens is 1. The molecule has 7 nitrogen and oxygen atoms in total. The number of benzene rings is 2. The van der Waals surface area contributed by atoms with Gasteiger partial charge in [-0.2, -0.15) is 0 Å². The van der Waals surface area contributed by atoms with Crippen molar-refractivity contribution in [1.29, 1.82) is 0 Å². The fourth-order valence-electron chi connectivity index (χ4n) is 3.37. The first-order valence-electron chi connectivity index (χ1n) is 9.50. The van der Waals surface area contributed by atoms with Crippen molar-refractivity contribution in [2.45, 2.75) is 18.6 Å². The molecular formula is C21H23ClN2O5S. The molecule has 1 saturated heterocycles. The second kappa shape index (κ2) is 9.59. The number of methoxy groups -OCH3 is 1. The number of piperidine rings is 1. The lowest BCUT2D eigenvalue weighted by molar-refractivity contribution is -0.120. The minimum atomic E-state index is -3.44. The second-order valence-electron chi connectivity index (χ2n) is 7.09. The van der Waals surface area contributed by atoms with Gasteiger partial charge in [-0.05, 0) is 36.6 Å². The summed E-state index contributed by atoms with van der Waals surface area (Å²) in [6, 6.07) is 13.5. The first kappa shape index (κ1) is 22.3. The van der Waals surface area contributed by atoms with Crippen molar-refractivity contribution in [2.75, 3.05) is 25.5 Å². The second-order valence-corrected chi connectivity index (χ2v) is 9.47. The third-order valence-corrected chi connectivity index (χ3v) is 7.23. The quantitative estimate of drug-likeness (QED) is 0.681. The molecule has 0 bridgehead atoms. The molecule has 1 fully saturated rings. The van der Waals surface area contributed by atoms with Gasteiger partial charge in [-0.3, -0.25) is 4.79 Å². The standard InChI is InChI=1S/C21H23ClN2O5S/c1-29-21(26)17-7-8-18(22)19(13-17)23-20(25)16-9-11-24(12-10-16)30(27,28)14-15-5-3-2-4-6-15/h2-8,13,16H,9-12,14H2,1H3,(H,23,25). The molecule has 0 atom stereocenters. The van der Waals surface area contributed by atoms with Gasteiger partial charge in [-0.15, -0.1) is 0 Å². The minimum absolute atomic E-state index is 0.0549. The molecule has 9 heteroatoms. The Balaban J connectivity index is 1.60. The van der Waals surface area contributed by atoms with E-state index in [4.69, 9.17) is 11.6 Å². The molecule has 30 heavy (non-hydrogen) atoms. The lowest BCUT2D eigenvalue weighted by Crippen LogP contribution is -2.41. The Kier molecular flexibility index (Phi) is 7.12. The maximum atomic E-state index is 12.7. The molecule has 1 aliphatic rings. The van der Waals surface area contributed by atoms with Gasteiger partial charge in [0.25, 0.3) is 0 Å². The van der Waals surface area contributed by atoms with E-state index in [1.165, 1.54) is 29.6 Å². The zero-order valence-corrected chi connectivity index (χ0v) is 18.1. The number of ether oxygens (including phenoxy) is 1. The van der Waals surface area contributed by atoms with E-state index in [0.29, 0.717) is 23.6 Å². The van der Waals surface area contributed by atoms with Crippen LogP contribution in [-0.2, 0) is 25.3 Å². The number of hydrogen-bond donors (Lipinski definition) is 1. The van der Waals surface area contributed by atoms with Gasteiger partial charge in [-0.1, -0.05) is 41.9 Å². The molecule has 3 rings (SSSR count). The van der Waals surface area contributed by atoms with Gasteiger partial charge in [-0.25, -0.2) is 17.5 Å². The third kappa shape index (κ3) is 5.38. The topological polar surface area (TPSA) is 92.8 Å². The van der Waals surface area contributed by atoms with E-state index in [2.05, 4.69) is 10.1 Å². The Morgan fingerprint density at radius 1 is 1.13 bits per heavy atom. The fourth-order valence-corrected chi connectivity index (χ4v) is 5.10. The summed E-state index contributed by atoms with van der Waals surface area (Å²) in [6.07, 6.45) is 0.822. The summed E-state index contributed by atoms with van der Waals surface area (Å²) in [6.45, 7) is 0.562. The highest BCUT2D eigenvalue weighted by Gasteiger charge is 2.31. The lowest BCUT2D eigenvalue weighted by Gasteiger charge is -2.30. The molecule has 2 aromatic carbocycles. The van der Waals surface area contributed by atoms with Crippen molar-refractivity contribution in [2.24, 2.45) is 5.92 Å². The number of sulfonamides is 1. The molecule has 1 heterocycles. The van der Waals surface area contributed by atoms with Crippen LogP contribution in [0.3, 0.4) is 0 Å². The average molecular weight is 451 g/mol. The highest BCUT2D eigenvalue weighted by atomic mass is 35.5. The number of hydrogen-bond acceptors (Lipinski definition) is 5. The number of nitrogens with one attached hydrogen (secondary N) is 1. The predicted octanol–water partition coefficient (Wildman–Crippen LogP) is 3.31. The van der Waals surface area contributed by atoms with Crippen molar-refractivity contribution in [1.82, 2.24) is 4.31 Å². The number of rotatable bonds is 6. The summed E-state index contributed by atoms with van der Waals surface area (Å²) in [7, 11) is -2.17. The predicted molar refractivity (Wildman–Crippen MR) is 115 cm³/mol. The highest BCUT2D eigenvalue weighted by molar-refractivity contribution is 7.88. The number of amides is 1.